The van der Waals surface area contributed by atoms with Crippen LogP contribution in [0.3, 0.4) is 0 Å². The van der Waals surface area contributed by atoms with E-state index >= 15 is 0 Å². The monoisotopic (exact) mass is 323 g/mol. The van der Waals surface area contributed by atoms with Crippen molar-refractivity contribution in [2.75, 3.05) is 26.0 Å². The summed E-state index contributed by atoms with van der Waals surface area (Å²) >= 11 is 1.82. The summed E-state index contributed by atoms with van der Waals surface area (Å²) in [5, 5.41) is 0.0637. The lowest BCUT2D eigenvalue weighted by atomic mass is 10.1. The average molecular weight is 323 g/mol. The molecule has 0 aromatic heterocycles. The van der Waals surface area contributed by atoms with Crippen molar-refractivity contribution >= 4 is 17.7 Å². The van der Waals surface area contributed by atoms with Crippen molar-refractivity contribution in [2.45, 2.75) is 32.6 Å². The highest BCUT2D eigenvalue weighted by molar-refractivity contribution is 7.99. The molecule has 1 aliphatic heterocycles. The third-order valence-electron chi connectivity index (χ3n) is 3.53. The molecule has 0 radical (unpaired) electrons. The second-order valence-electron chi connectivity index (χ2n) is 5.76. The Morgan fingerprint density at radius 1 is 1.36 bits per heavy atom. The van der Waals surface area contributed by atoms with E-state index in [0.717, 1.165) is 29.4 Å². The summed E-state index contributed by atoms with van der Waals surface area (Å²) in [4.78, 5) is 14.3. The molecule has 1 aliphatic rings. The van der Waals surface area contributed by atoms with Gasteiger partial charge in [-0.1, -0.05) is 19.9 Å². The number of amides is 1. The Labute approximate surface area is 137 Å². The summed E-state index contributed by atoms with van der Waals surface area (Å²) in [6.07, 6.45) is 0.627. The minimum atomic E-state index is 0.0637. The molecule has 22 heavy (non-hydrogen) atoms. The van der Waals surface area contributed by atoms with E-state index in [2.05, 4.69) is 13.8 Å². The van der Waals surface area contributed by atoms with Gasteiger partial charge in [-0.3, -0.25) is 4.79 Å². The van der Waals surface area contributed by atoms with Gasteiger partial charge in [0.2, 0.25) is 5.91 Å². The maximum Gasteiger partial charge on any atom is 0.224 e. The number of hydrogen-bond acceptors (Lipinski definition) is 4. The third-order valence-corrected chi connectivity index (χ3v) is 4.81. The standard InChI is InChI=1S/C17H25NO3S/c1-5-21-15-10-13(6-7-14(15)20-4)17-18(11-12(2)3)16(19)8-9-22-17/h6-7,10,12,17H,5,8-9,11H2,1-4H3. The molecule has 4 nitrogen and oxygen atoms in total. The number of hydrogen-bond donors (Lipinski definition) is 0. The average Bonchev–Trinajstić information content (AvgIpc) is 2.49. The Morgan fingerprint density at radius 3 is 2.77 bits per heavy atom. The fourth-order valence-electron chi connectivity index (χ4n) is 2.60. The summed E-state index contributed by atoms with van der Waals surface area (Å²) in [5.74, 6) is 3.04. The van der Waals surface area contributed by atoms with Crippen molar-refractivity contribution < 1.29 is 14.3 Å². The normalized spacial score (nSPS) is 18.7. The highest BCUT2D eigenvalue weighted by Crippen LogP contribution is 2.40. The van der Waals surface area contributed by atoms with Crippen LogP contribution in [0, 0.1) is 5.92 Å². The number of thioether (sulfide) groups is 1. The third kappa shape index (κ3) is 3.88. The molecule has 0 spiro atoms. The van der Waals surface area contributed by atoms with E-state index in [4.69, 9.17) is 9.47 Å². The van der Waals surface area contributed by atoms with Crippen LogP contribution in [0.4, 0.5) is 0 Å². The molecule has 1 unspecified atom stereocenters. The van der Waals surface area contributed by atoms with Gasteiger partial charge in [0.25, 0.3) is 0 Å². The lowest BCUT2D eigenvalue weighted by Gasteiger charge is -2.36. The predicted octanol–water partition coefficient (Wildman–Crippen LogP) is 3.71. The van der Waals surface area contributed by atoms with Crippen molar-refractivity contribution in [3.63, 3.8) is 0 Å². The first-order chi connectivity index (χ1) is 10.6. The van der Waals surface area contributed by atoms with Crippen molar-refractivity contribution in [3.05, 3.63) is 23.8 Å². The smallest absolute Gasteiger partial charge is 0.224 e. The lowest BCUT2D eigenvalue weighted by Crippen LogP contribution is -2.39. The minimum absolute atomic E-state index is 0.0637. The van der Waals surface area contributed by atoms with E-state index in [0.29, 0.717) is 18.9 Å². The van der Waals surface area contributed by atoms with E-state index in [1.807, 2.05) is 41.8 Å². The second-order valence-corrected chi connectivity index (χ2v) is 6.94. The fourth-order valence-corrected chi connectivity index (χ4v) is 3.84. The maximum absolute atomic E-state index is 12.3. The SMILES string of the molecule is CCOc1cc(C2SCCC(=O)N2CC(C)C)ccc1OC. The molecule has 0 saturated carbocycles. The number of carbonyl (C=O) groups excluding carboxylic acids is 1. The lowest BCUT2D eigenvalue weighted by molar-refractivity contribution is -0.132. The van der Waals surface area contributed by atoms with E-state index in [1.165, 1.54) is 0 Å². The van der Waals surface area contributed by atoms with Crippen molar-refractivity contribution in [3.8, 4) is 11.5 Å². The summed E-state index contributed by atoms with van der Waals surface area (Å²) in [7, 11) is 1.64. The first kappa shape index (κ1) is 17.0. The van der Waals surface area contributed by atoms with Crippen LogP contribution < -0.4 is 9.47 Å². The molecule has 0 N–H and O–H groups in total. The summed E-state index contributed by atoms with van der Waals surface area (Å²) in [6, 6.07) is 5.96. The molecule has 1 amide bonds. The van der Waals surface area contributed by atoms with Crippen LogP contribution in [0.25, 0.3) is 0 Å². The summed E-state index contributed by atoms with van der Waals surface area (Å²) in [6.45, 7) is 7.61. The zero-order chi connectivity index (χ0) is 16.1. The van der Waals surface area contributed by atoms with Gasteiger partial charge in [-0.25, -0.2) is 0 Å². The number of ether oxygens (including phenoxy) is 2. The van der Waals surface area contributed by atoms with Gasteiger partial charge in [-0.15, -0.1) is 11.8 Å². The van der Waals surface area contributed by atoms with Gasteiger partial charge in [0.1, 0.15) is 5.37 Å². The van der Waals surface area contributed by atoms with Crippen molar-refractivity contribution in [2.24, 2.45) is 5.92 Å². The molecular formula is C17H25NO3S. The molecule has 0 aliphatic carbocycles. The van der Waals surface area contributed by atoms with E-state index < -0.39 is 0 Å². The number of methoxy groups -OCH3 is 1. The molecule has 0 bridgehead atoms. The summed E-state index contributed by atoms with van der Waals surface area (Å²) in [5.41, 5.74) is 1.10. The minimum Gasteiger partial charge on any atom is -0.493 e. The zero-order valence-corrected chi connectivity index (χ0v) is 14.6. The molecule has 2 rings (SSSR count). The van der Waals surface area contributed by atoms with Crippen LogP contribution in [0.1, 0.15) is 38.1 Å². The second kappa shape index (κ2) is 7.77. The number of carbonyl (C=O) groups is 1. The number of nitrogens with zero attached hydrogens (tertiary/aromatic N) is 1. The topological polar surface area (TPSA) is 38.8 Å². The molecule has 1 aromatic rings. The largest absolute Gasteiger partial charge is 0.493 e. The molecule has 1 fully saturated rings. The molecule has 1 aromatic carbocycles. The molecule has 1 heterocycles. The highest BCUT2D eigenvalue weighted by Gasteiger charge is 2.30. The highest BCUT2D eigenvalue weighted by atomic mass is 32.2. The van der Waals surface area contributed by atoms with E-state index in [1.54, 1.807) is 7.11 Å². The quantitative estimate of drug-likeness (QED) is 0.800. The Bertz CT molecular complexity index is 519. The molecular weight excluding hydrogens is 298 g/mol. The molecule has 122 valence electrons. The first-order valence-electron chi connectivity index (χ1n) is 7.78. The van der Waals surface area contributed by atoms with Crippen LogP contribution in [-0.4, -0.2) is 36.8 Å². The first-order valence-corrected chi connectivity index (χ1v) is 8.83. The number of benzene rings is 1. The predicted molar refractivity (Wildman–Crippen MR) is 90.5 cm³/mol. The van der Waals surface area contributed by atoms with Gasteiger partial charge in [-0.05, 0) is 30.5 Å². The maximum atomic E-state index is 12.3. The van der Waals surface area contributed by atoms with Crippen LogP contribution in [-0.2, 0) is 4.79 Å². The van der Waals surface area contributed by atoms with Gasteiger partial charge in [0, 0.05) is 18.7 Å². The van der Waals surface area contributed by atoms with Crippen molar-refractivity contribution in [1.82, 2.24) is 4.90 Å². The van der Waals surface area contributed by atoms with Crippen LogP contribution in [0.2, 0.25) is 0 Å². The number of rotatable bonds is 6. The Hall–Kier alpha value is -1.36. The molecule has 1 saturated heterocycles. The molecule has 5 heteroatoms. The van der Waals surface area contributed by atoms with Gasteiger partial charge in [0.15, 0.2) is 11.5 Å². The van der Waals surface area contributed by atoms with Gasteiger partial charge in [0.05, 0.1) is 13.7 Å². The van der Waals surface area contributed by atoms with Crippen LogP contribution >= 0.6 is 11.8 Å². The zero-order valence-electron chi connectivity index (χ0n) is 13.8. The summed E-state index contributed by atoms with van der Waals surface area (Å²) < 4.78 is 11.0. The van der Waals surface area contributed by atoms with Crippen LogP contribution in [0.5, 0.6) is 11.5 Å². The Morgan fingerprint density at radius 2 is 2.14 bits per heavy atom. The van der Waals surface area contributed by atoms with Gasteiger partial charge in [-0.2, -0.15) is 0 Å². The van der Waals surface area contributed by atoms with E-state index in [9.17, 15) is 4.79 Å². The Balaban J connectivity index is 2.30. The molecule has 1 atom stereocenters. The van der Waals surface area contributed by atoms with Gasteiger partial charge < -0.3 is 14.4 Å². The van der Waals surface area contributed by atoms with Crippen LogP contribution in [0.15, 0.2) is 18.2 Å². The fraction of sp³-hybridized carbons (Fsp3) is 0.588. The van der Waals surface area contributed by atoms with Gasteiger partial charge >= 0.3 is 0 Å². The van der Waals surface area contributed by atoms with Crippen molar-refractivity contribution in [1.29, 1.82) is 0 Å². The van der Waals surface area contributed by atoms with E-state index in [-0.39, 0.29) is 11.3 Å². The Kier molecular flexibility index (Phi) is 6.00.